The molecule has 1 aromatic heterocycles. The largest absolute Gasteiger partial charge is 0.247 e. The molecule has 0 N–H and O–H groups in total. The number of halogens is 1. The summed E-state index contributed by atoms with van der Waals surface area (Å²) < 4.78 is 0. The van der Waals surface area contributed by atoms with E-state index in [1.165, 1.54) is 27.8 Å². The number of nitrogens with zero attached hydrogens (tertiary/aromatic N) is 1. The highest BCUT2D eigenvalue weighted by atomic mass is 35.5. The monoisotopic (exact) mass is 473 g/mol. The van der Waals surface area contributed by atoms with Gasteiger partial charge in [0.1, 0.15) is 0 Å². The van der Waals surface area contributed by atoms with Gasteiger partial charge in [0.2, 0.25) is 0 Å². The summed E-state index contributed by atoms with van der Waals surface area (Å²) >= 11 is 6.22. The molecule has 35 heavy (non-hydrogen) atoms. The first-order chi connectivity index (χ1) is 17.1. The molecule has 5 rings (SSSR count). The molecular formula is C33H28ClN. The molecule has 0 saturated carbocycles. The fourth-order valence-corrected chi connectivity index (χ4v) is 4.56. The van der Waals surface area contributed by atoms with Crippen molar-refractivity contribution >= 4 is 11.6 Å². The van der Waals surface area contributed by atoms with Gasteiger partial charge in [0.25, 0.3) is 0 Å². The number of hydrogen-bond acceptors (Lipinski definition) is 1. The van der Waals surface area contributed by atoms with Gasteiger partial charge in [-0.1, -0.05) is 115 Å². The van der Waals surface area contributed by atoms with E-state index in [4.69, 9.17) is 16.6 Å². The van der Waals surface area contributed by atoms with Crippen molar-refractivity contribution in [3.8, 4) is 33.6 Å². The van der Waals surface area contributed by atoms with Crippen LogP contribution in [-0.2, 0) is 12.8 Å². The average Bonchev–Trinajstić information content (AvgIpc) is 2.90. The number of benzene rings is 4. The van der Waals surface area contributed by atoms with Gasteiger partial charge in [-0.2, -0.15) is 0 Å². The van der Waals surface area contributed by atoms with Crippen LogP contribution in [0.25, 0.3) is 33.6 Å². The molecule has 4 aromatic carbocycles. The fraction of sp³-hybridized carbons (Fsp3) is 0.121. The van der Waals surface area contributed by atoms with Gasteiger partial charge in [0.05, 0.1) is 11.4 Å². The summed E-state index contributed by atoms with van der Waals surface area (Å²) in [6.45, 7) is 4.30. The predicted molar refractivity (Wildman–Crippen MR) is 149 cm³/mol. The van der Waals surface area contributed by atoms with Crippen LogP contribution in [0.3, 0.4) is 0 Å². The first kappa shape index (κ1) is 23.1. The number of aryl methyl sites for hydroxylation is 2. The first-order valence-corrected chi connectivity index (χ1v) is 12.5. The summed E-state index contributed by atoms with van der Waals surface area (Å²) in [6, 6.07) is 38.5. The number of aromatic nitrogens is 1. The Morgan fingerprint density at radius 2 is 1.23 bits per heavy atom. The lowest BCUT2D eigenvalue weighted by atomic mass is 9.91. The molecule has 2 heteroatoms. The third-order valence-corrected chi connectivity index (χ3v) is 6.71. The van der Waals surface area contributed by atoms with Crippen LogP contribution < -0.4 is 0 Å². The van der Waals surface area contributed by atoms with E-state index in [0.717, 1.165) is 45.9 Å². The van der Waals surface area contributed by atoms with Gasteiger partial charge in [-0.25, -0.2) is 4.98 Å². The van der Waals surface area contributed by atoms with Crippen LogP contribution in [0, 0.1) is 6.92 Å². The van der Waals surface area contributed by atoms with E-state index in [2.05, 4.69) is 111 Å². The molecule has 0 spiro atoms. The second kappa shape index (κ2) is 10.3. The Bertz CT molecular complexity index is 1420. The highest BCUT2D eigenvalue weighted by molar-refractivity contribution is 6.30. The average molecular weight is 474 g/mol. The normalized spacial score (nSPS) is 10.9. The SMILES string of the molecule is CCc1ccc(-c2cc(Cc3ccccc3)c(-c3ccc(Cl)cc3)nc2-c2ccc(C)cc2)cc1. The lowest BCUT2D eigenvalue weighted by molar-refractivity contribution is 1.14. The third kappa shape index (κ3) is 5.21. The van der Waals surface area contributed by atoms with Crippen molar-refractivity contribution < 1.29 is 0 Å². The molecule has 0 saturated heterocycles. The Hall–Kier alpha value is -3.68. The van der Waals surface area contributed by atoms with Gasteiger partial charge < -0.3 is 0 Å². The molecule has 0 fully saturated rings. The standard InChI is InChI=1S/C33H28ClN/c1-3-24-11-15-26(16-12-24)31-22-29(21-25-7-5-4-6-8-25)32(27-17-19-30(34)20-18-27)35-33(31)28-13-9-23(2)10-14-28/h4-20,22H,3,21H2,1-2H3. The highest BCUT2D eigenvalue weighted by Crippen LogP contribution is 2.37. The van der Waals surface area contributed by atoms with Crippen molar-refractivity contribution in [1.82, 2.24) is 4.98 Å². The number of rotatable bonds is 6. The quantitative estimate of drug-likeness (QED) is 0.239. The molecule has 1 nitrogen and oxygen atoms in total. The van der Waals surface area contributed by atoms with Crippen molar-refractivity contribution in [3.05, 3.63) is 136 Å². The maximum absolute atomic E-state index is 6.22. The third-order valence-electron chi connectivity index (χ3n) is 6.45. The zero-order valence-electron chi connectivity index (χ0n) is 20.1. The predicted octanol–water partition coefficient (Wildman–Crippen LogP) is 9.20. The summed E-state index contributed by atoms with van der Waals surface area (Å²) in [5.74, 6) is 0. The summed E-state index contributed by atoms with van der Waals surface area (Å²) in [4.78, 5) is 5.34. The lowest BCUT2D eigenvalue weighted by Crippen LogP contribution is -2.00. The van der Waals surface area contributed by atoms with E-state index in [1.54, 1.807) is 0 Å². The molecule has 1 heterocycles. The first-order valence-electron chi connectivity index (χ1n) is 12.1. The van der Waals surface area contributed by atoms with Crippen LogP contribution in [0.1, 0.15) is 29.2 Å². The second-order valence-corrected chi connectivity index (χ2v) is 9.41. The lowest BCUT2D eigenvalue weighted by Gasteiger charge is -2.17. The van der Waals surface area contributed by atoms with Crippen LogP contribution >= 0.6 is 11.6 Å². The van der Waals surface area contributed by atoms with Crippen molar-refractivity contribution in [2.75, 3.05) is 0 Å². The topological polar surface area (TPSA) is 12.9 Å². The Morgan fingerprint density at radius 1 is 0.629 bits per heavy atom. The Balaban J connectivity index is 1.75. The maximum Gasteiger partial charge on any atom is 0.0788 e. The smallest absolute Gasteiger partial charge is 0.0788 e. The minimum Gasteiger partial charge on any atom is -0.247 e. The van der Waals surface area contributed by atoms with E-state index < -0.39 is 0 Å². The molecule has 0 amide bonds. The van der Waals surface area contributed by atoms with Gasteiger partial charge in [0.15, 0.2) is 0 Å². The van der Waals surface area contributed by atoms with Crippen molar-refractivity contribution in [3.63, 3.8) is 0 Å². The van der Waals surface area contributed by atoms with Gasteiger partial charge in [-0.3, -0.25) is 0 Å². The van der Waals surface area contributed by atoms with E-state index in [0.29, 0.717) is 0 Å². The molecule has 0 bridgehead atoms. The number of hydrogen-bond donors (Lipinski definition) is 0. The summed E-state index contributed by atoms with van der Waals surface area (Å²) in [6.07, 6.45) is 1.83. The van der Waals surface area contributed by atoms with Crippen LogP contribution in [0.5, 0.6) is 0 Å². The van der Waals surface area contributed by atoms with Gasteiger partial charge in [-0.05, 0) is 60.2 Å². The molecule has 5 aromatic rings. The molecule has 0 atom stereocenters. The molecule has 0 radical (unpaired) electrons. The van der Waals surface area contributed by atoms with Crippen molar-refractivity contribution in [2.45, 2.75) is 26.7 Å². The van der Waals surface area contributed by atoms with Crippen LogP contribution in [0.15, 0.2) is 109 Å². The Morgan fingerprint density at radius 3 is 1.89 bits per heavy atom. The van der Waals surface area contributed by atoms with Crippen molar-refractivity contribution in [2.24, 2.45) is 0 Å². The van der Waals surface area contributed by atoms with Gasteiger partial charge >= 0.3 is 0 Å². The van der Waals surface area contributed by atoms with Crippen LogP contribution in [0.4, 0.5) is 0 Å². The minimum absolute atomic E-state index is 0.727. The highest BCUT2D eigenvalue weighted by Gasteiger charge is 2.17. The maximum atomic E-state index is 6.22. The van der Waals surface area contributed by atoms with Gasteiger partial charge in [-0.15, -0.1) is 0 Å². The van der Waals surface area contributed by atoms with Crippen molar-refractivity contribution in [1.29, 1.82) is 0 Å². The molecule has 0 aliphatic carbocycles. The zero-order valence-corrected chi connectivity index (χ0v) is 20.9. The van der Waals surface area contributed by atoms with Crippen LogP contribution in [0.2, 0.25) is 5.02 Å². The van der Waals surface area contributed by atoms with E-state index >= 15 is 0 Å². The molecular weight excluding hydrogens is 446 g/mol. The fourth-order valence-electron chi connectivity index (χ4n) is 4.43. The molecule has 172 valence electrons. The molecule has 0 aliphatic heterocycles. The summed E-state index contributed by atoms with van der Waals surface area (Å²) in [5.41, 5.74) is 11.5. The Kier molecular flexibility index (Phi) is 6.79. The summed E-state index contributed by atoms with van der Waals surface area (Å²) in [5, 5.41) is 0.727. The number of pyridine rings is 1. The Labute approximate surface area is 213 Å². The van der Waals surface area contributed by atoms with E-state index in [-0.39, 0.29) is 0 Å². The van der Waals surface area contributed by atoms with E-state index in [1.807, 2.05) is 12.1 Å². The van der Waals surface area contributed by atoms with Crippen LogP contribution in [-0.4, -0.2) is 4.98 Å². The zero-order chi connectivity index (χ0) is 24.2. The molecule has 0 unspecified atom stereocenters. The molecule has 0 aliphatic rings. The second-order valence-electron chi connectivity index (χ2n) is 8.98. The van der Waals surface area contributed by atoms with Gasteiger partial charge in [0, 0.05) is 21.7 Å². The summed E-state index contributed by atoms with van der Waals surface area (Å²) in [7, 11) is 0. The van der Waals surface area contributed by atoms with E-state index in [9.17, 15) is 0 Å². The minimum atomic E-state index is 0.727.